The number of benzene rings is 1. The van der Waals surface area contributed by atoms with E-state index in [1.165, 1.54) is 18.4 Å². The van der Waals surface area contributed by atoms with Crippen molar-refractivity contribution in [2.24, 2.45) is 5.92 Å². The number of piperidine rings is 1. The fraction of sp³-hybridized carbons (Fsp3) is 0.483. The van der Waals surface area contributed by atoms with Crippen molar-refractivity contribution in [1.29, 1.82) is 0 Å². The van der Waals surface area contributed by atoms with E-state index in [0.717, 1.165) is 44.1 Å². The summed E-state index contributed by atoms with van der Waals surface area (Å²) in [6.45, 7) is 1.55. The second-order valence-electron chi connectivity index (χ2n) is 10.3. The van der Waals surface area contributed by atoms with Gasteiger partial charge in [0.25, 0.3) is 11.8 Å². The summed E-state index contributed by atoms with van der Waals surface area (Å²) >= 11 is 0. The molecule has 1 aromatic carbocycles. The Balaban J connectivity index is 1.42. The van der Waals surface area contributed by atoms with Gasteiger partial charge in [-0.1, -0.05) is 29.8 Å². The van der Waals surface area contributed by atoms with Gasteiger partial charge >= 0.3 is 0 Å². The van der Waals surface area contributed by atoms with Gasteiger partial charge in [0, 0.05) is 37.1 Å². The number of hydrogen-bond donors (Lipinski definition) is 1. The largest absolute Gasteiger partial charge is 0.496 e. The Morgan fingerprint density at radius 2 is 1.94 bits per heavy atom. The van der Waals surface area contributed by atoms with Crippen molar-refractivity contribution in [3.63, 3.8) is 0 Å². The molecule has 0 radical (unpaired) electrons. The van der Waals surface area contributed by atoms with Crippen molar-refractivity contribution < 1.29 is 14.3 Å². The van der Waals surface area contributed by atoms with Crippen molar-refractivity contribution in [3.8, 4) is 5.75 Å². The summed E-state index contributed by atoms with van der Waals surface area (Å²) in [7, 11) is 1.61. The molecule has 0 spiro atoms. The molecule has 36 heavy (non-hydrogen) atoms. The molecule has 1 aliphatic heterocycles. The summed E-state index contributed by atoms with van der Waals surface area (Å²) in [5.74, 6) is 0.550. The SMILES string of the molecule is COc1ccccc1Cn1cc(C(=O)NCCC2=CCCCC2)c(=O)c(C(=O)N2CC3CCC2C3)c1. The molecule has 1 saturated carbocycles. The van der Waals surface area contributed by atoms with Crippen molar-refractivity contribution in [3.05, 3.63) is 75.2 Å². The third kappa shape index (κ3) is 5.11. The third-order valence-corrected chi connectivity index (χ3v) is 7.89. The molecule has 2 heterocycles. The van der Waals surface area contributed by atoms with Crippen LogP contribution >= 0.6 is 0 Å². The van der Waals surface area contributed by atoms with E-state index in [1.807, 2.05) is 29.2 Å². The first kappa shape index (κ1) is 24.3. The molecule has 7 nitrogen and oxygen atoms in total. The van der Waals surface area contributed by atoms with Gasteiger partial charge in [-0.2, -0.15) is 0 Å². The van der Waals surface area contributed by atoms with Crippen LogP contribution in [0.5, 0.6) is 5.75 Å². The Morgan fingerprint density at radius 1 is 1.11 bits per heavy atom. The van der Waals surface area contributed by atoms with E-state index in [2.05, 4.69) is 11.4 Å². The molecule has 3 aliphatic rings. The second-order valence-corrected chi connectivity index (χ2v) is 10.3. The van der Waals surface area contributed by atoms with Crippen molar-refractivity contribution in [1.82, 2.24) is 14.8 Å². The quantitative estimate of drug-likeness (QED) is 0.565. The first-order chi connectivity index (χ1) is 17.5. The highest BCUT2D eigenvalue weighted by Crippen LogP contribution is 2.37. The minimum atomic E-state index is -0.492. The minimum Gasteiger partial charge on any atom is -0.496 e. The van der Waals surface area contributed by atoms with Gasteiger partial charge in [-0.05, 0) is 63.4 Å². The lowest BCUT2D eigenvalue weighted by Gasteiger charge is -2.27. The molecule has 1 aromatic heterocycles. The van der Waals surface area contributed by atoms with Gasteiger partial charge in [0.2, 0.25) is 5.43 Å². The standard InChI is InChI=1S/C29H35N3O4/c1-36-26-10-6-5-9-22(26)17-31-18-24(28(34)30-14-13-20-7-3-2-4-8-20)27(33)25(19-31)29(35)32-16-21-11-12-23(32)15-21/h5-7,9-10,18-19,21,23H,2-4,8,11-17H2,1H3,(H,30,34). The number of likely N-dealkylation sites (tertiary alicyclic amines) is 1. The van der Waals surface area contributed by atoms with Crippen molar-refractivity contribution in [2.75, 3.05) is 20.2 Å². The normalized spacial score (nSPS) is 20.8. The zero-order valence-corrected chi connectivity index (χ0v) is 21.0. The molecule has 1 saturated heterocycles. The highest BCUT2D eigenvalue weighted by atomic mass is 16.5. The van der Waals surface area contributed by atoms with Crippen molar-refractivity contribution in [2.45, 2.75) is 64.0 Å². The minimum absolute atomic E-state index is 0.0118. The van der Waals surface area contributed by atoms with E-state index in [0.29, 0.717) is 31.3 Å². The van der Waals surface area contributed by atoms with E-state index in [-0.39, 0.29) is 23.1 Å². The number of carbonyl (C=O) groups excluding carboxylic acids is 2. The Hall–Kier alpha value is -3.35. The second kappa shape index (κ2) is 10.7. The molecule has 2 unspecified atom stereocenters. The van der Waals surface area contributed by atoms with E-state index in [4.69, 9.17) is 4.74 Å². The van der Waals surface area contributed by atoms with Gasteiger partial charge in [0.15, 0.2) is 0 Å². The summed E-state index contributed by atoms with van der Waals surface area (Å²) in [5.41, 5.74) is 1.85. The Bertz CT molecular complexity index is 1230. The van der Waals surface area contributed by atoms with Crippen LogP contribution in [0.4, 0.5) is 0 Å². The van der Waals surface area contributed by atoms with Gasteiger partial charge in [0.1, 0.15) is 16.9 Å². The molecule has 7 heteroatoms. The summed E-state index contributed by atoms with van der Waals surface area (Å²) in [6, 6.07) is 7.83. The Morgan fingerprint density at radius 3 is 2.67 bits per heavy atom. The van der Waals surface area contributed by atoms with Crippen LogP contribution < -0.4 is 15.5 Å². The predicted octanol–water partition coefficient (Wildman–Crippen LogP) is 4.15. The number of rotatable bonds is 8. The fourth-order valence-corrected chi connectivity index (χ4v) is 5.96. The van der Waals surface area contributed by atoms with Gasteiger partial charge in [0.05, 0.1) is 13.7 Å². The summed E-state index contributed by atoms with van der Waals surface area (Å²) in [4.78, 5) is 42.0. The molecule has 5 rings (SSSR count). The third-order valence-electron chi connectivity index (χ3n) is 7.89. The van der Waals surface area contributed by atoms with Gasteiger partial charge in [-0.25, -0.2) is 0 Å². The highest BCUT2D eigenvalue weighted by molar-refractivity contribution is 5.99. The highest BCUT2D eigenvalue weighted by Gasteiger charge is 2.41. The topological polar surface area (TPSA) is 80.6 Å². The zero-order chi connectivity index (χ0) is 25.1. The van der Waals surface area contributed by atoms with E-state index in [1.54, 1.807) is 24.1 Å². The Kier molecular flexibility index (Phi) is 7.25. The number of nitrogens with one attached hydrogen (secondary N) is 1. The number of fused-ring (bicyclic) bond motifs is 2. The van der Waals surface area contributed by atoms with E-state index in [9.17, 15) is 14.4 Å². The molecule has 2 aromatic rings. The Labute approximate surface area is 212 Å². The fourth-order valence-electron chi connectivity index (χ4n) is 5.96. The average molecular weight is 490 g/mol. The lowest BCUT2D eigenvalue weighted by Crippen LogP contribution is -2.41. The van der Waals surface area contributed by atoms with Crippen LogP contribution in [-0.2, 0) is 6.54 Å². The smallest absolute Gasteiger partial charge is 0.259 e. The van der Waals surface area contributed by atoms with Crippen LogP contribution in [0, 0.1) is 5.92 Å². The maximum atomic E-state index is 13.5. The number of allylic oxidation sites excluding steroid dienone is 1. The molecule has 2 bridgehead atoms. The van der Waals surface area contributed by atoms with Crippen LogP contribution in [-0.4, -0.2) is 47.5 Å². The van der Waals surface area contributed by atoms with Crippen LogP contribution in [0.3, 0.4) is 0 Å². The number of para-hydroxylation sites is 1. The molecule has 2 fully saturated rings. The zero-order valence-electron chi connectivity index (χ0n) is 21.0. The molecule has 2 amide bonds. The van der Waals surface area contributed by atoms with Gasteiger partial charge < -0.3 is 19.5 Å². The maximum absolute atomic E-state index is 13.5. The van der Waals surface area contributed by atoms with Crippen LogP contribution in [0.25, 0.3) is 0 Å². The number of methoxy groups -OCH3 is 1. The summed E-state index contributed by atoms with van der Waals surface area (Å²) < 4.78 is 7.25. The number of nitrogens with zero attached hydrogens (tertiary/aromatic N) is 2. The van der Waals surface area contributed by atoms with E-state index >= 15 is 0 Å². The molecule has 2 atom stereocenters. The maximum Gasteiger partial charge on any atom is 0.259 e. The molecule has 2 aliphatic carbocycles. The van der Waals surface area contributed by atoms with Crippen LogP contribution in [0.1, 0.15) is 77.6 Å². The monoisotopic (exact) mass is 489 g/mol. The number of ether oxygens (including phenoxy) is 1. The number of carbonyl (C=O) groups is 2. The molecular formula is C29H35N3O4. The van der Waals surface area contributed by atoms with Gasteiger partial charge in [-0.15, -0.1) is 0 Å². The number of hydrogen-bond acceptors (Lipinski definition) is 4. The summed E-state index contributed by atoms with van der Waals surface area (Å²) in [5, 5.41) is 2.92. The first-order valence-corrected chi connectivity index (χ1v) is 13.2. The number of amides is 2. The predicted molar refractivity (Wildman–Crippen MR) is 138 cm³/mol. The molecular weight excluding hydrogens is 454 g/mol. The van der Waals surface area contributed by atoms with Crippen LogP contribution in [0.2, 0.25) is 0 Å². The number of aromatic nitrogens is 1. The average Bonchev–Trinajstić information content (AvgIpc) is 3.54. The lowest BCUT2D eigenvalue weighted by atomic mass is 9.97. The van der Waals surface area contributed by atoms with Gasteiger partial charge in [-0.3, -0.25) is 14.4 Å². The van der Waals surface area contributed by atoms with E-state index < -0.39 is 11.3 Å². The number of pyridine rings is 1. The molecule has 190 valence electrons. The molecule has 1 N–H and O–H groups in total. The summed E-state index contributed by atoms with van der Waals surface area (Å²) in [6.07, 6.45) is 13.9. The first-order valence-electron chi connectivity index (χ1n) is 13.2. The van der Waals surface area contributed by atoms with Crippen molar-refractivity contribution >= 4 is 11.8 Å². The van der Waals surface area contributed by atoms with Crippen LogP contribution in [0.15, 0.2) is 53.1 Å². The lowest BCUT2D eigenvalue weighted by molar-refractivity contribution is 0.0701.